The van der Waals surface area contributed by atoms with Crippen molar-refractivity contribution in [3.05, 3.63) is 23.2 Å². The lowest BCUT2D eigenvalue weighted by Gasteiger charge is -2.11. The molecule has 0 spiro atoms. The van der Waals surface area contributed by atoms with Crippen LogP contribution in [0.4, 0.5) is 14.5 Å². The van der Waals surface area contributed by atoms with Crippen molar-refractivity contribution >= 4 is 23.2 Å². The van der Waals surface area contributed by atoms with Crippen molar-refractivity contribution in [3.8, 4) is 5.75 Å². The van der Waals surface area contributed by atoms with Crippen molar-refractivity contribution in [2.45, 2.75) is 26.4 Å². The van der Waals surface area contributed by atoms with Crippen LogP contribution in [-0.4, -0.2) is 19.1 Å². The van der Waals surface area contributed by atoms with Crippen LogP contribution in [0.5, 0.6) is 5.75 Å². The maximum Gasteiger partial charge on any atom is 0.387 e. The van der Waals surface area contributed by atoms with E-state index in [1.807, 2.05) is 6.92 Å². The first-order valence-corrected chi connectivity index (χ1v) is 6.54. The zero-order valence-corrected chi connectivity index (χ0v) is 11.8. The fraction of sp³-hybridized carbons (Fsp3) is 0.462. The number of hydrogen-bond donors (Lipinski definition) is 2. The number of rotatable bonds is 7. The molecule has 1 amide bonds. The predicted octanol–water partition coefficient (Wildman–Crippen LogP) is 3.25. The zero-order valence-electron chi connectivity index (χ0n) is 11.0. The third-order valence-corrected chi connectivity index (χ3v) is 2.99. The van der Waals surface area contributed by atoms with E-state index < -0.39 is 6.61 Å². The van der Waals surface area contributed by atoms with Crippen molar-refractivity contribution in [2.75, 3.05) is 11.9 Å². The highest BCUT2D eigenvalue weighted by atomic mass is 35.5. The maximum atomic E-state index is 12.1. The van der Waals surface area contributed by atoms with Gasteiger partial charge in [0.15, 0.2) is 0 Å². The monoisotopic (exact) mass is 306 g/mol. The Morgan fingerprint density at radius 2 is 2.20 bits per heavy atom. The summed E-state index contributed by atoms with van der Waals surface area (Å²) >= 11 is 5.78. The molecule has 112 valence electrons. The Kier molecular flexibility index (Phi) is 6.67. The van der Waals surface area contributed by atoms with Crippen LogP contribution in [-0.2, 0) is 4.79 Å². The molecule has 1 aromatic carbocycles. The molecule has 0 radical (unpaired) electrons. The van der Waals surface area contributed by atoms with Crippen LogP contribution in [0, 0.1) is 5.92 Å². The van der Waals surface area contributed by atoms with Gasteiger partial charge in [-0.2, -0.15) is 8.78 Å². The van der Waals surface area contributed by atoms with Crippen molar-refractivity contribution in [1.29, 1.82) is 0 Å². The van der Waals surface area contributed by atoms with E-state index in [0.717, 1.165) is 0 Å². The molecule has 0 bridgehead atoms. The Labute approximate surface area is 121 Å². The molecule has 3 N–H and O–H groups in total. The second-order valence-corrected chi connectivity index (χ2v) is 4.86. The maximum absolute atomic E-state index is 12.1. The van der Waals surface area contributed by atoms with E-state index in [9.17, 15) is 13.6 Å². The standard InChI is InChI=1S/C13H17ClF2N2O2/c1-8(7-17)2-5-12(19)18-9-3-4-11(10(14)6-9)20-13(15)16/h3-4,6,8,13H,2,5,7,17H2,1H3,(H,18,19). The van der Waals surface area contributed by atoms with Crippen LogP contribution in [0.15, 0.2) is 18.2 Å². The molecule has 0 aliphatic heterocycles. The van der Waals surface area contributed by atoms with Gasteiger partial charge in [0.25, 0.3) is 0 Å². The number of ether oxygens (including phenoxy) is 1. The summed E-state index contributed by atoms with van der Waals surface area (Å²) in [6.45, 7) is -0.454. The SMILES string of the molecule is CC(CN)CCC(=O)Nc1ccc(OC(F)F)c(Cl)c1. The Bertz CT molecular complexity index is 458. The van der Waals surface area contributed by atoms with Gasteiger partial charge in [0.1, 0.15) is 5.75 Å². The molecule has 7 heteroatoms. The van der Waals surface area contributed by atoms with Crippen LogP contribution < -0.4 is 15.8 Å². The van der Waals surface area contributed by atoms with Gasteiger partial charge in [0.05, 0.1) is 5.02 Å². The van der Waals surface area contributed by atoms with Gasteiger partial charge in [0, 0.05) is 12.1 Å². The van der Waals surface area contributed by atoms with Crippen LogP contribution in [0.1, 0.15) is 19.8 Å². The third kappa shape index (κ3) is 5.71. The minimum Gasteiger partial charge on any atom is -0.433 e. The van der Waals surface area contributed by atoms with E-state index in [2.05, 4.69) is 10.1 Å². The third-order valence-electron chi connectivity index (χ3n) is 2.70. The first-order chi connectivity index (χ1) is 9.42. The van der Waals surface area contributed by atoms with Crippen molar-refractivity contribution < 1.29 is 18.3 Å². The molecule has 1 rings (SSSR count). The normalized spacial score (nSPS) is 12.3. The molecule has 0 saturated carbocycles. The highest BCUT2D eigenvalue weighted by Gasteiger charge is 2.11. The van der Waals surface area contributed by atoms with E-state index in [1.54, 1.807) is 0 Å². The van der Waals surface area contributed by atoms with Crippen LogP contribution in [0.25, 0.3) is 0 Å². The topological polar surface area (TPSA) is 64.4 Å². The predicted molar refractivity (Wildman–Crippen MR) is 74.2 cm³/mol. The lowest BCUT2D eigenvalue weighted by Crippen LogP contribution is -2.16. The number of carbonyl (C=O) groups is 1. The van der Waals surface area contributed by atoms with Crippen LogP contribution in [0.3, 0.4) is 0 Å². The van der Waals surface area contributed by atoms with Gasteiger partial charge in [-0.1, -0.05) is 18.5 Å². The molecule has 0 aliphatic rings. The van der Waals surface area contributed by atoms with Gasteiger partial charge in [-0.3, -0.25) is 4.79 Å². The van der Waals surface area contributed by atoms with Gasteiger partial charge in [-0.25, -0.2) is 0 Å². The zero-order chi connectivity index (χ0) is 15.1. The first-order valence-electron chi connectivity index (χ1n) is 6.16. The molecule has 1 unspecified atom stereocenters. The highest BCUT2D eigenvalue weighted by Crippen LogP contribution is 2.29. The number of hydrogen-bond acceptors (Lipinski definition) is 3. The largest absolute Gasteiger partial charge is 0.433 e. The second kappa shape index (κ2) is 8.01. The smallest absolute Gasteiger partial charge is 0.387 e. The molecular weight excluding hydrogens is 290 g/mol. The van der Waals surface area contributed by atoms with Crippen LogP contribution >= 0.6 is 11.6 Å². The number of alkyl halides is 2. The van der Waals surface area contributed by atoms with E-state index in [4.69, 9.17) is 17.3 Å². The molecule has 0 heterocycles. The summed E-state index contributed by atoms with van der Waals surface area (Å²) in [6, 6.07) is 4.10. The highest BCUT2D eigenvalue weighted by molar-refractivity contribution is 6.32. The summed E-state index contributed by atoms with van der Waals surface area (Å²) < 4.78 is 28.3. The molecule has 1 atom stereocenters. The summed E-state index contributed by atoms with van der Waals surface area (Å²) in [5.41, 5.74) is 5.90. The number of carbonyl (C=O) groups excluding carboxylic acids is 1. The summed E-state index contributed by atoms with van der Waals surface area (Å²) in [5.74, 6) is -0.0357. The number of halogens is 3. The summed E-state index contributed by atoms with van der Waals surface area (Å²) in [6.07, 6.45) is 1.02. The lowest BCUT2D eigenvalue weighted by atomic mass is 10.1. The number of anilines is 1. The molecule has 0 aromatic heterocycles. The molecule has 4 nitrogen and oxygen atoms in total. The molecule has 1 aromatic rings. The molecule has 20 heavy (non-hydrogen) atoms. The number of amides is 1. The molecular formula is C13H17ClF2N2O2. The molecule has 0 fully saturated rings. The fourth-order valence-electron chi connectivity index (χ4n) is 1.49. The van der Waals surface area contributed by atoms with Gasteiger partial charge >= 0.3 is 6.61 Å². The van der Waals surface area contributed by atoms with Gasteiger partial charge in [-0.15, -0.1) is 0 Å². The summed E-state index contributed by atoms with van der Waals surface area (Å²) in [5, 5.41) is 2.65. The van der Waals surface area contributed by atoms with Crippen LogP contribution in [0.2, 0.25) is 5.02 Å². The van der Waals surface area contributed by atoms with E-state index in [0.29, 0.717) is 25.1 Å². The van der Waals surface area contributed by atoms with Gasteiger partial charge < -0.3 is 15.8 Å². The van der Waals surface area contributed by atoms with E-state index >= 15 is 0 Å². The minimum atomic E-state index is -2.94. The number of nitrogens with two attached hydrogens (primary N) is 1. The van der Waals surface area contributed by atoms with Crippen molar-refractivity contribution in [2.24, 2.45) is 11.7 Å². The fourth-order valence-corrected chi connectivity index (χ4v) is 1.71. The average Bonchev–Trinajstić information content (AvgIpc) is 2.38. The van der Waals surface area contributed by atoms with Crippen molar-refractivity contribution in [1.82, 2.24) is 0 Å². The summed E-state index contributed by atoms with van der Waals surface area (Å²) in [4.78, 5) is 11.7. The quantitative estimate of drug-likeness (QED) is 0.812. The molecule has 0 saturated heterocycles. The Morgan fingerprint density at radius 1 is 1.50 bits per heavy atom. The lowest BCUT2D eigenvalue weighted by molar-refractivity contribution is -0.116. The molecule has 0 aliphatic carbocycles. The number of nitrogens with one attached hydrogen (secondary N) is 1. The van der Waals surface area contributed by atoms with E-state index in [-0.39, 0.29) is 22.6 Å². The summed E-state index contributed by atoms with van der Waals surface area (Å²) in [7, 11) is 0. The van der Waals surface area contributed by atoms with E-state index in [1.165, 1.54) is 18.2 Å². The Hall–Kier alpha value is -1.40. The van der Waals surface area contributed by atoms with Gasteiger partial charge in [0.2, 0.25) is 5.91 Å². The second-order valence-electron chi connectivity index (χ2n) is 4.45. The average molecular weight is 307 g/mol. The Morgan fingerprint density at radius 3 is 2.75 bits per heavy atom. The first kappa shape index (κ1) is 16.7. The van der Waals surface area contributed by atoms with Gasteiger partial charge in [-0.05, 0) is 37.1 Å². The van der Waals surface area contributed by atoms with Crippen molar-refractivity contribution in [3.63, 3.8) is 0 Å². The minimum absolute atomic E-state index is 0.0124. The number of benzene rings is 1. The Balaban J connectivity index is 2.56.